The van der Waals surface area contributed by atoms with Gasteiger partial charge in [0.15, 0.2) is 11.5 Å². The molecule has 174 valence electrons. The standard InChI is InChI=1S/C23H30N2O6S/c1-30-21-10-7-17(15-22(21)31-2)11-12-24-23(27)19-16-18(8-9-20(19)26)32(28,29)25-13-5-3-4-6-14-25/h7-10,15-16,26H,3-6,11-14H2,1-2H3,(H,24,27). The van der Waals surface area contributed by atoms with Crippen LogP contribution in [0.2, 0.25) is 0 Å². The molecule has 0 radical (unpaired) electrons. The number of phenolic OH excluding ortho intramolecular Hbond substituents is 1. The van der Waals surface area contributed by atoms with Gasteiger partial charge in [-0.15, -0.1) is 0 Å². The molecule has 0 spiro atoms. The van der Waals surface area contributed by atoms with Crippen molar-refractivity contribution < 1.29 is 27.8 Å². The molecule has 0 aromatic heterocycles. The second-order valence-corrected chi connectivity index (χ2v) is 9.63. The van der Waals surface area contributed by atoms with Gasteiger partial charge in [0.05, 0.1) is 24.7 Å². The lowest BCUT2D eigenvalue weighted by Crippen LogP contribution is -2.32. The van der Waals surface area contributed by atoms with Crippen molar-refractivity contribution >= 4 is 15.9 Å². The first-order chi connectivity index (χ1) is 15.4. The maximum atomic E-state index is 13.0. The molecule has 1 aliphatic rings. The fourth-order valence-corrected chi connectivity index (χ4v) is 5.28. The molecule has 3 rings (SSSR count). The third-order valence-corrected chi connectivity index (χ3v) is 7.46. The van der Waals surface area contributed by atoms with Gasteiger partial charge in [-0.25, -0.2) is 8.42 Å². The number of methoxy groups -OCH3 is 2. The monoisotopic (exact) mass is 462 g/mol. The Hall–Kier alpha value is -2.78. The lowest BCUT2D eigenvalue weighted by Gasteiger charge is -2.20. The molecule has 32 heavy (non-hydrogen) atoms. The summed E-state index contributed by atoms with van der Waals surface area (Å²) in [6.07, 6.45) is 4.19. The highest BCUT2D eigenvalue weighted by molar-refractivity contribution is 7.89. The van der Waals surface area contributed by atoms with Gasteiger partial charge in [-0.05, 0) is 55.2 Å². The molecule has 2 N–H and O–H groups in total. The van der Waals surface area contributed by atoms with Crippen LogP contribution in [0.5, 0.6) is 17.2 Å². The maximum absolute atomic E-state index is 13.0. The van der Waals surface area contributed by atoms with Gasteiger partial charge < -0.3 is 19.9 Å². The van der Waals surface area contributed by atoms with Crippen molar-refractivity contribution in [3.63, 3.8) is 0 Å². The number of ether oxygens (including phenoxy) is 2. The van der Waals surface area contributed by atoms with E-state index in [4.69, 9.17) is 9.47 Å². The molecule has 1 heterocycles. The van der Waals surface area contributed by atoms with Crippen LogP contribution in [-0.2, 0) is 16.4 Å². The molecule has 0 saturated carbocycles. The molecular weight excluding hydrogens is 432 g/mol. The van der Waals surface area contributed by atoms with Crippen molar-refractivity contribution in [3.05, 3.63) is 47.5 Å². The predicted molar refractivity (Wildman–Crippen MR) is 121 cm³/mol. The van der Waals surface area contributed by atoms with Gasteiger partial charge in [0, 0.05) is 19.6 Å². The zero-order chi connectivity index (χ0) is 23.1. The molecular formula is C23H30N2O6S. The quantitative estimate of drug-likeness (QED) is 0.625. The van der Waals surface area contributed by atoms with Crippen LogP contribution in [-0.4, -0.2) is 57.6 Å². The van der Waals surface area contributed by atoms with E-state index in [-0.39, 0.29) is 16.2 Å². The summed E-state index contributed by atoms with van der Waals surface area (Å²) in [6.45, 7) is 1.24. The van der Waals surface area contributed by atoms with Gasteiger partial charge in [-0.1, -0.05) is 18.9 Å². The highest BCUT2D eigenvalue weighted by Gasteiger charge is 2.26. The average Bonchev–Trinajstić information content (AvgIpc) is 3.09. The molecule has 1 saturated heterocycles. The predicted octanol–water partition coefficient (Wildman–Crippen LogP) is 2.95. The number of hydrogen-bond donors (Lipinski definition) is 2. The van der Waals surface area contributed by atoms with Crippen LogP contribution in [0.4, 0.5) is 0 Å². The molecule has 2 aromatic carbocycles. The first-order valence-electron chi connectivity index (χ1n) is 10.7. The second-order valence-electron chi connectivity index (χ2n) is 7.69. The van der Waals surface area contributed by atoms with Crippen LogP contribution in [0.25, 0.3) is 0 Å². The number of rotatable bonds is 8. The van der Waals surface area contributed by atoms with Crippen LogP contribution < -0.4 is 14.8 Å². The molecule has 9 heteroatoms. The minimum atomic E-state index is -3.72. The minimum absolute atomic E-state index is 0.0160. The molecule has 8 nitrogen and oxygen atoms in total. The number of phenols is 1. The van der Waals surface area contributed by atoms with Crippen molar-refractivity contribution in [2.24, 2.45) is 0 Å². The van der Waals surface area contributed by atoms with E-state index < -0.39 is 15.9 Å². The molecule has 0 atom stereocenters. The largest absolute Gasteiger partial charge is 0.507 e. The Morgan fingerprint density at radius 3 is 2.34 bits per heavy atom. The Kier molecular flexibility index (Phi) is 7.98. The molecule has 0 aliphatic carbocycles. The van der Waals surface area contributed by atoms with Gasteiger partial charge in [-0.2, -0.15) is 4.31 Å². The van der Waals surface area contributed by atoms with E-state index in [0.717, 1.165) is 31.2 Å². The van der Waals surface area contributed by atoms with E-state index in [2.05, 4.69) is 5.32 Å². The summed E-state index contributed by atoms with van der Waals surface area (Å²) in [7, 11) is -0.604. The fourth-order valence-electron chi connectivity index (χ4n) is 3.74. The number of benzene rings is 2. The lowest BCUT2D eigenvalue weighted by atomic mass is 10.1. The van der Waals surface area contributed by atoms with E-state index in [1.54, 1.807) is 20.3 Å². The van der Waals surface area contributed by atoms with E-state index in [0.29, 0.717) is 37.6 Å². The summed E-state index contributed by atoms with van der Waals surface area (Å²) in [5.74, 6) is 0.423. The van der Waals surface area contributed by atoms with Gasteiger partial charge >= 0.3 is 0 Å². The Morgan fingerprint density at radius 1 is 1.00 bits per heavy atom. The Balaban J connectivity index is 1.69. The first kappa shape index (κ1) is 23.9. The summed E-state index contributed by atoms with van der Waals surface area (Å²) in [6, 6.07) is 9.35. The van der Waals surface area contributed by atoms with Crippen LogP contribution in [0.15, 0.2) is 41.3 Å². The van der Waals surface area contributed by atoms with Crippen molar-refractivity contribution in [1.82, 2.24) is 9.62 Å². The smallest absolute Gasteiger partial charge is 0.255 e. The first-order valence-corrected chi connectivity index (χ1v) is 12.1. The van der Waals surface area contributed by atoms with Crippen molar-refractivity contribution in [1.29, 1.82) is 0 Å². The van der Waals surface area contributed by atoms with Crippen LogP contribution in [0.3, 0.4) is 0 Å². The zero-order valence-electron chi connectivity index (χ0n) is 18.5. The van der Waals surface area contributed by atoms with Gasteiger partial charge in [0.1, 0.15) is 5.75 Å². The van der Waals surface area contributed by atoms with E-state index in [1.807, 2.05) is 12.1 Å². The number of aromatic hydroxyl groups is 1. The van der Waals surface area contributed by atoms with Gasteiger partial charge in [-0.3, -0.25) is 4.79 Å². The number of amides is 1. The molecule has 0 unspecified atom stereocenters. The molecule has 1 amide bonds. The number of carbonyl (C=O) groups is 1. The Bertz CT molecular complexity index is 1050. The summed E-state index contributed by atoms with van der Waals surface area (Å²) in [5, 5.41) is 12.9. The summed E-state index contributed by atoms with van der Waals surface area (Å²) in [4.78, 5) is 12.7. The number of nitrogens with one attached hydrogen (secondary N) is 1. The average molecular weight is 463 g/mol. The highest BCUT2D eigenvalue weighted by Crippen LogP contribution is 2.28. The molecule has 0 bridgehead atoms. The molecule has 2 aromatic rings. The zero-order valence-corrected chi connectivity index (χ0v) is 19.3. The lowest BCUT2D eigenvalue weighted by molar-refractivity contribution is 0.0951. The third kappa shape index (κ3) is 5.52. The topological polar surface area (TPSA) is 105 Å². The summed E-state index contributed by atoms with van der Waals surface area (Å²) in [5.41, 5.74) is 0.873. The van der Waals surface area contributed by atoms with Gasteiger partial charge in [0.25, 0.3) is 5.91 Å². The number of sulfonamides is 1. The Morgan fingerprint density at radius 2 is 1.69 bits per heavy atom. The Labute approximate surface area is 189 Å². The fraction of sp³-hybridized carbons (Fsp3) is 0.435. The molecule has 1 aliphatic heterocycles. The van der Waals surface area contributed by atoms with Crippen LogP contribution in [0.1, 0.15) is 41.6 Å². The highest BCUT2D eigenvalue weighted by atomic mass is 32.2. The normalized spacial score (nSPS) is 15.1. The number of hydrogen-bond acceptors (Lipinski definition) is 6. The molecule has 1 fully saturated rings. The third-order valence-electron chi connectivity index (χ3n) is 5.56. The summed E-state index contributed by atoms with van der Waals surface area (Å²) < 4.78 is 38.0. The van der Waals surface area contributed by atoms with Crippen molar-refractivity contribution in [2.75, 3.05) is 33.9 Å². The van der Waals surface area contributed by atoms with E-state index >= 15 is 0 Å². The second kappa shape index (κ2) is 10.7. The van der Waals surface area contributed by atoms with Crippen molar-refractivity contribution in [2.45, 2.75) is 37.0 Å². The van der Waals surface area contributed by atoms with Gasteiger partial charge in [0.2, 0.25) is 10.0 Å². The summed E-state index contributed by atoms with van der Waals surface area (Å²) >= 11 is 0. The van der Waals surface area contributed by atoms with Crippen LogP contribution >= 0.6 is 0 Å². The van der Waals surface area contributed by atoms with Crippen LogP contribution in [0, 0.1) is 0 Å². The van der Waals surface area contributed by atoms with E-state index in [9.17, 15) is 18.3 Å². The number of carbonyl (C=O) groups excluding carboxylic acids is 1. The van der Waals surface area contributed by atoms with Crippen molar-refractivity contribution in [3.8, 4) is 17.2 Å². The number of nitrogens with zero attached hydrogens (tertiary/aromatic N) is 1. The minimum Gasteiger partial charge on any atom is -0.507 e. The SMILES string of the molecule is COc1ccc(CCNC(=O)c2cc(S(=O)(=O)N3CCCCCC3)ccc2O)cc1OC. The maximum Gasteiger partial charge on any atom is 0.255 e. The van der Waals surface area contributed by atoms with E-state index in [1.165, 1.54) is 22.5 Å².